The summed E-state index contributed by atoms with van der Waals surface area (Å²) in [5.74, 6) is 0. The summed E-state index contributed by atoms with van der Waals surface area (Å²) >= 11 is 0. The van der Waals surface area contributed by atoms with E-state index in [4.69, 9.17) is 0 Å². The first-order valence-electron chi connectivity index (χ1n) is 25.3. The zero-order valence-corrected chi connectivity index (χ0v) is 42.6. The zero-order valence-electron chi connectivity index (χ0n) is 42.6. The van der Waals surface area contributed by atoms with E-state index in [0.717, 1.165) is 0 Å². The van der Waals surface area contributed by atoms with Crippen LogP contribution in [-0.4, -0.2) is 0 Å². The van der Waals surface area contributed by atoms with E-state index in [1.165, 1.54) is 115 Å². The Balaban J connectivity index is 0.000000114. The number of aryl methyl sites for hydroxylation is 5. The van der Waals surface area contributed by atoms with Crippen molar-refractivity contribution in [1.29, 1.82) is 0 Å². The van der Waals surface area contributed by atoms with E-state index in [-0.39, 0.29) is 0 Å². The summed E-state index contributed by atoms with van der Waals surface area (Å²) in [4.78, 5) is 0. The van der Waals surface area contributed by atoms with Gasteiger partial charge < -0.3 is 0 Å². The lowest BCUT2D eigenvalue weighted by atomic mass is 9.96. The van der Waals surface area contributed by atoms with Crippen LogP contribution in [0.3, 0.4) is 0 Å². The molecule has 73 heavy (non-hydrogen) atoms. The van der Waals surface area contributed by atoms with Crippen molar-refractivity contribution >= 4 is 53.9 Å². The van der Waals surface area contributed by atoms with Crippen molar-refractivity contribution in [1.82, 2.24) is 0 Å². The van der Waals surface area contributed by atoms with E-state index in [9.17, 15) is 0 Å². The largest absolute Gasteiger partial charge is 0.0622 e. The predicted octanol–water partition coefficient (Wildman–Crippen LogP) is 20.7. The molecule has 0 bridgehead atoms. The summed E-state index contributed by atoms with van der Waals surface area (Å²) in [6.45, 7) is 10.7. The minimum Gasteiger partial charge on any atom is -0.0622 e. The molecule has 0 saturated carbocycles. The highest BCUT2D eigenvalue weighted by Gasteiger charge is 2.05. The minimum absolute atomic E-state index is 1.27. The maximum absolute atomic E-state index is 2.26. The molecule has 13 aromatic rings. The highest BCUT2D eigenvalue weighted by Crippen LogP contribution is 2.31. The Bertz CT molecular complexity index is 3860. The normalized spacial score (nSPS) is 10.5. The Morgan fingerprint density at radius 1 is 0.178 bits per heavy atom. The zero-order chi connectivity index (χ0) is 50.4. The van der Waals surface area contributed by atoms with Gasteiger partial charge in [0.05, 0.1) is 0 Å². The molecule has 0 aliphatic heterocycles. The average molecular weight is 939 g/mol. The van der Waals surface area contributed by atoms with Gasteiger partial charge in [-0.3, -0.25) is 0 Å². The topological polar surface area (TPSA) is 0 Å². The van der Waals surface area contributed by atoms with E-state index in [0.29, 0.717) is 0 Å². The Hall–Kier alpha value is -8.84. The van der Waals surface area contributed by atoms with Crippen LogP contribution in [0.1, 0.15) is 27.8 Å². The van der Waals surface area contributed by atoms with Crippen LogP contribution in [0.15, 0.2) is 285 Å². The van der Waals surface area contributed by atoms with Crippen molar-refractivity contribution in [2.75, 3.05) is 0 Å². The van der Waals surface area contributed by atoms with Gasteiger partial charge in [0.25, 0.3) is 0 Å². The molecule has 0 fully saturated rings. The molecule has 0 N–H and O–H groups in total. The van der Waals surface area contributed by atoms with Crippen molar-refractivity contribution < 1.29 is 0 Å². The summed E-state index contributed by atoms with van der Waals surface area (Å²) < 4.78 is 0. The van der Waals surface area contributed by atoms with Crippen LogP contribution in [0.5, 0.6) is 0 Å². The van der Waals surface area contributed by atoms with Crippen LogP contribution in [0.4, 0.5) is 0 Å². The fourth-order valence-electron chi connectivity index (χ4n) is 9.46. The minimum atomic E-state index is 1.27. The second kappa shape index (κ2) is 23.8. The van der Waals surface area contributed by atoms with Crippen LogP contribution in [0.2, 0.25) is 0 Å². The van der Waals surface area contributed by atoms with Gasteiger partial charge in [-0.15, -0.1) is 0 Å². The fourth-order valence-corrected chi connectivity index (χ4v) is 9.46. The lowest BCUT2D eigenvalue weighted by Gasteiger charge is -2.08. The highest BCUT2D eigenvalue weighted by molar-refractivity contribution is 5.98. The van der Waals surface area contributed by atoms with E-state index in [1.807, 2.05) is 6.07 Å². The molecule has 0 saturated heterocycles. The number of benzene rings is 13. The molecule has 0 unspecified atom stereocenters. The predicted molar refractivity (Wildman–Crippen MR) is 320 cm³/mol. The van der Waals surface area contributed by atoms with Crippen molar-refractivity contribution in [2.45, 2.75) is 34.6 Å². The number of hydrogen-bond donors (Lipinski definition) is 0. The second-order valence-corrected chi connectivity index (χ2v) is 18.9. The third-order valence-corrected chi connectivity index (χ3v) is 13.2. The molecule has 354 valence electrons. The smallest absolute Gasteiger partial charge is 0.0103 e. The third kappa shape index (κ3) is 12.7. The average Bonchev–Trinajstić information content (AvgIpc) is 3.44. The van der Waals surface area contributed by atoms with Crippen molar-refractivity contribution in [2.24, 2.45) is 0 Å². The maximum atomic E-state index is 2.26. The lowest BCUT2D eigenvalue weighted by molar-refractivity contribution is 1.50. The summed E-state index contributed by atoms with van der Waals surface area (Å²) in [5, 5.41) is 13.2. The fraction of sp³-hybridized carbons (Fsp3) is 0.0685. The molecule has 0 aliphatic carbocycles. The molecule has 0 atom stereocenters. The van der Waals surface area contributed by atoms with Crippen molar-refractivity contribution in [3.63, 3.8) is 0 Å². The van der Waals surface area contributed by atoms with Gasteiger partial charge in [-0.2, -0.15) is 0 Å². The Morgan fingerprint density at radius 3 is 1.22 bits per heavy atom. The molecular weight excluding hydrogens is 877 g/mol. The molecule has 0 heterocycles. The van der Waals surface area contributed by atoms with E-state index < -0.39 is 0 Å². The SMILES string of the molecule is Cc1cc(-c2ccccc2)c2ccccc2c1.Cc1ccc2c(-c3ccccc3)cccc2c1.Cc1ccc2cc(-c3ccccc3)ccc2c1.Cc1ccc2ccccc2c1.Cc1cccc2ccccc12. The Kier molecular flexibility index (Phi) is 16.1. The third-order valence-electron chi connectivity index (χ3n) is 13.2. The molecular formula is C73H62. The first-order valence-corrected chi connectivity index (χ1v) is 25.3. The standard InChI is InChI=1S/3C17H14.2C11H10/c1-13-11-15-9-5-6-10-16(15)17(12-13)14-7-3-2-4-8-14;1-13-10-11-17-15(12-13)8-5-9-16(17)14-6-3-2-4-7-14;1-13-7-8-17-12-16(10-9-15(17)11-13)14-5-3-2-4-6-14;1-9-5-4-7-10-6-2-3-8-11(9)10;1-9-6-7-10-4-2-3-5-11(10)8-9/h3*2-12H,1H3;2*2-8H,1H3. The van der Waals surface area contributed by atoms with Crippen molar-refractivity contribution in [3.05, 3.63) is 313 Å². The summed E-state index contributed by atoms with van der Waals surface area (Å²) in [5.41, 5.74) is 14.3. The molecule has 0 radical (unpaired) electrons. The van der Waals surface area contributed by atoms with Crippen molar-refractivity contribution in [3.8, 4) is 33.4 Å². The molecule has 0 heteroatoms. The molecule has 0 aromatic heterocycles. The molecule has 0 amide bonds. The first-order chi connectivity index (χ1) is 35.8. The van der Waals surface area contributed by atoms with Gasteiger partial charge >= 0.3 is 0 Å². The Labute approximate surface area is 432 Å². The summed E-state index contributed by atoms with van der Waals surface area (Å²) in [6, 6.07) is 101. The number of fused-ring (bicyclic) bond motifs is 5. The van der Waals surface area contributed by atoms with E-state index >= 15 is 0 Å². The highest BCUT2D eigenvalue weighted by atomic mass is 14.1. The maximum Gasteiger partial charge on any atom is -0.0103 e. The number of rotatable bonds is 3. The molecule has 13 rings (SSSR count). The molecule has 13 aromatic carbocycles. The summed E-state index contributed by atoms with van der Waals surface area (Å²) in [6.07, 6.45) is 0. The van der Waals surface area contributed by atoms with Crippen LogP contribution in [0, 0.1) is 34.6 Å². The quantitative estimate of drug-likeness (QED) is 0.166. The van der Waals surface area contributed by atoms with Crippen LogP contribution in [-0.2, 0) is 0 Å². The molecule has 0 spiro atoms. The molecule has 0 nitrogen and oxygen atoms in total. The van der Waals surface area contributed by atoms with Gasteiger partial charge in [-0.05, 0) is 139 Å². The van der Waals surface area contributed by atoms with E-state index in [2.05, 4.69) is 314 Å². The molecule has 0 aliphatic rings. The van der Waals surface area contributed by atoms with Crippen LogP contribution < -0.4 is 0 Å². The van der Waals surface area contributed by atoms with Gasteiger partial charge in [0.15, 0.2) is 0 Å². The first kappa shape index (κ1) is 49.2. The van der Waals surface area contributed by atoms with Crippen LogP contribution in [0.25, 0.3) is 87.2 Å². The van der Waals surface area contributed by atoms with Gasteiger partial charge in [0.2, 0.25) is 0 Å². The van der Waals surface area contributed by atoms with Gasteiger partial charge in [-0.1, -0.05) is 296 Å². The van der Waals surface area contributed by atoms with E-state index in [1.54, 1.807) is 0 Å². The monoisotopic (exact) mass is 938 g/mol. The van der Waals surface area contributed by atoms with Crippen LogP contribution >= 0.6 is 0 Å². The second-order valence-electron chi connectivity index (χ2n) is 18.9. The van der Waals surface area contributed by atoms with Gasteiger partial charge in [0.1, 0.15) is 0 Å². The number of hydrogen-bond acceptors (Lipinski definition) is 0. The van der Waals surface area contributed by atoms with Gasteiger partial charge in [-0.25, -0.2) is 0 Å². The lowest BCUT2D eigenvalue weighted by Crippen LogP contribution is -1.83. The Morgan fingerprint density at radius 2 is 0.575 bits per heavy atom. The summed E-state index contributed by atoms with van der Waals surface area (Å²) in [7, 11) is 0. The van der Waals surface area contributed by atoms with Gasteiger partial charge in [0, 0.05) is 0 Å².